The summed E-state index contributed by atoms with van der Waals surface area (Å²) < 4.78 is 17.0. The summed E-state index contributed by atoms with van der Waals surface area (Å²) in [5.41, 5.74) is 8.54. The van der Waals surface area contributed by atoms with E-state index in [1.165, 1.54) is 0 Å². The lowest BCUT2D eigenvalue weighted by atomic mass is 10.0. The highest BCUT2D eigenvalue weighted by Gasteiger charge is 2.20. The SMILES string of the molecule is Oc1c(-c2ccccc2OCCCOc2ccccc2-c2cccc(-n3c4ccccc4c4ccccc43)c2O)cccc1-n1c2ccccc2c2ccccc21. The highest BCUT2D eigenvalue weighted by molar-refractivity contribution is 6.10. The zero-order chi connectivity index (χ0) is 38.3. The zero-order valence-corrected chi connectivity index (χ0v) is 31.0. The first kappa shape index (κ1) is 34.1. The number of hydrogen-bond acceptors (Lipinski definition) is 4. The number of nitrogens with zero attached hydrogens (tertiary/aromatic N) is 2. The number of fused-ring (bicyclic) bond motifs is 6. The fraction of sp³-hybridized carbons (Fsp3) is 0.0588. The van der Waals surface area contributed by atoms with Crippen LogP contribution in [0.25, 0.3) is 77.2 Å². The van der Waals surface area contributed by atoms with E-state index in [9.17, 15) is 10.2 Å². The average molecular weight is 743 g/mol. The molecule has 2 heterocycles. The number of phenolic OH excluding ortho intramolecular Hbond substituents is 2. The molecule has 2 N–H and O–H groups in total. The molecular formula is C51H38N2O4. The molecule has 0 radical (unpaired) electrons. The minimum absolute atomic E-state index is 0.186. The van der Waals surface area contributed by atoms with Crippen LogP contribution in [0, 0.1) is 0 Å². The van der Waals surface area contributed by atoms with Gasteiger partial charge in [-0.15, -0.1) is 0 Å². The Hall–Kier alpha value is -7.44. The Morgan fingerprint density at radius 1 is 0.333 bits per heavy atom. The molecule has 0 fully saturated rings. The molecule has 0 atom stereocenters. The third-order valence-electron chi connectivity index (χ3n) is 10.8. The number of aromatic nitrogens is 2. The lowest BCUT2D eigenvalue weighted by Crippen LogP contribution is -2.06. The summed E-state index contributed by atoms with van der Waals surface area (Å²) in [6.07, 6.45) is 0.614. The molecular weight excluding hydrogens is 705 g/mol. The topological polar surface area (TPSA) is 68.8 Å². The van der Waals surface area contributed by atoms with E-state index in [1.54, 1.807) is 0 Å². The predicted molar refractivity (Wildman–Crippen MR) is 231 cm³/mol. The van der Waals surface area contributed by atoms with E-state index < -0.39 is 0 Å². The van der Waals surface area contributed by atoms with Gasteiger partial charge in [0.2, 0.25) is 0 Å². The van der Waals surface area contributed by atoms with Crippen molar-refractivity contribution < 1.29 is 19.7 Å². The van der Waals surface area contributed by atoms with Crippen molar-refractivity contribution in [2.24, 2.45) is 0 Å². The predicted octanol–water partition coefficient (Wildman–Crippen LogP) is 12.5. The van der Waals surface area contributed by atoms with Crippen LogP contribution in [0.2, 0.25) is 0 Å². The Kier molecular flexibility index (Phi) is 8.57. The number of ether oxygens (including phenoxy) is 2. The molecule has 8 aromatic carbocycles. The maximum absolute atomic E-state index is 11.9. The molecule has 10 rings (SSSR count). The van der Waals surface area contributed by atoms with Crippen LogP contribution in [0.3, 0.4) is 0 Å². The van der Waals surface area contributed by atoms with Gasteiger partial charge in [-0.3, -0.25) is 0 Å². The van der Waals surface area contributed by atoms with Crippen LogP contribution >= 0.6 is 0 Å². The fourth-order valence-corrected chi connectivity index (χ4v) is 8.28. The first-order chi connectivity index (χ1) is 28.2. The van der Waals surface area contributed by atoms with Gasteiger partial charge in [-0.05, 0) is 48.5 Å². The molecule has 0 aliphatic rings. The van der Waals surface area contributed by atoms with Gasteiger partial charge in [0.05, 0.1) is 46.7 Å². The van der Waals surface area contributed by atoms with E-state index in [-0.39, 0.29) is 11.5 Å². The molecule has 0 saturated heterocycles. The maximum atomic E-state index is 11.9. The van der Waals surface area contributed by atoms with Crippen molar-refractivity contribution >= 4 is 43.6 Å². The molecule has 0 aliphatic carbocycles. The molecule has 0 saturated carbocycles. The molecule has 0 spiro atoms. The first-order valence-corrected chi connectivity index (χ1v) is 19.2. The Bertz CT molecular complexity index is 2790. The van der Waals surface area contributed by atoms with E-state index in [4.69, 9.17) is 9.47 Å². The lowest BCUT2D eigenvalue weighted by Gasteiger charge is -2.17. The van der Waals surface area contributed by atoms with Crippen LogP contribution in [0.4, 0.5) is 0 Å². The van der Waals surface area contributed by atoms with Crippen LogP contribution < -0.4 is 9.47 Å². The van der Waals surface area contributed by atoms with Gasteiger partial charge in [-0.25, -0.2) is 0 Å². The number of rotatable bonds is 10. The molecule has 6 heteroatoms. The number of para-hydroxylation sites is 8. The van der Waals surface area contributed by atoms with Crippen molar-refractivity contribution in [3.63, 3.8) is 0 Å². The van der Waals surface area contributed by atoms with Gasteiger partial charge in [0.1, 0.15) is 23.0 Å². The highest BCUT2D eigenvalue weighted by Crippen LogP contribution is 2.44. The molecule has 276 valence electrons. The van der Waals surface area contributed by atoms with Crippen LogP contribution in [-0.4, -0.2) is 32.6 Å². The summed E-state index contributed by atoms with van der Waals surface area (Å²) in [5, 5.41) is 28.3. The first-order valence-electron chi connectivity index (χ1n) is 19.2. The van der Waals surface area contributed by atoms with E-state index >= 15 is 0 Å². The summed E-state index contributed by atoms with van der Waals surface area (Å²) in [7, 11) is 0. The summed E-state index contributed by atoms with van der Waals surface area (Å²) >= 11 is 0. The third-order valence-corrected chi connectivity index (χ3v) is 10.8. The molecule has 0 unspecified atom stereocenters. The van der Waals surface area contributed by atoms with E-state index in [1.807, 2.05) is 133 Å². The Balaban J connectivity index is 0.885. The molecule has 10 aromatic rings. The van der Waals surface area contributed by atoms with E-state index in [0.717, 1.165) is 54.7 Å². The van der Waals surface area contributed by atoms with Crippen molar-refractivity contribution in [1.82, 2.24) is 9.13 Å². The second-order valence-corrected chi connectivity index (χ2v) is 14.1. The molecule has 0 aliphatic heterocycles. The van der Waals surface area contributed by atoms with Gasteiger partial charge in [0.25, 0.3) is 0 Å². The van der Waals surface area contributed by atoms with Gasteiger partial charge < -0.3 is 28.8 Å². The van der Waals surface area contributed by atoms with Crippen LogP contribution in [0.15, 0.2) is 182 Å². The van der Waals surface area contributed by atoms with Gasteiger partial charge in [0, 0.05) is 50.2 Å². The smallest absolute Gasteiger partial charge is 0.147 e. The van der Waals surface area contributed by atoms with E-state index in [2.05, 4.69) is 57.7 Å². The van der Waals surface area contributed by atoms with Crippen molar-refractivity contribution in [1.29, 1.82) is 0 Å². The quantitative estimate of drug-likeness (QED) is 0.137. The molecule has 57 heavy (non-hydrogen) atoms. The van der Waals surface area contributed by atoms with Crippen LogP contribution in [0.5, 0.6) is 23.0 Å². The minimum Gasteiger partial charge on any atom is -0.505 e. The number of benzene rings is 8. The zero-order valence-electron chi connectivity index (χ0n) is 31.0. The van der Waals surface area contributed by atoms with E-state index in [0.29, 0.717) is 53.6 Å². The normalized spacial score (nSPS) is 11.5. The van der Waals surface area contributed by atoms with Gasteiger partial charge in [0.15, 0.2) is 0 Å². The third kappa shape index (κ3) is 5.81. The second kappa shape index (κ2) is 14.3. The van der Waals surface area contributed by atoms with Crippen LogP contribution in [0.1, 0.15) is 6.42 Å². The number of hydrogen-bond donors (Lipinski definition) is 2. The summed E-state index contributed by atoms with van der Waals surface area (Å²) in [6.45, 7) is 0.808. The van der Waals surface area contributed by atoms with Crippen molar-refractivity contribution in [3.05, 3.63) is 182 Å². The monoisotopic (exact) mass is 742 g/mol. The fourth-order valence-electron chi connectivity index (χ4n) is 8.28. The Morgan fingerprint density at radius 2 is 0.649 bits per heavy atom. The van der Waals surface area contributed by atoms with Crippen molar-refractivity contribution in [2.75, 3.05) is 13.2 Å². The largest absolute Gasteiger partial charge is 0.505 e. The summed E-state index contributed by atoms with van der Waals surface area (Å²) in [5.74, 6) is 1.73. The van der Waals surface area contributed by atoms with Crippen molar-refractivity contribution in [3.8, 4) is 56.6 Å². The van der Waals surface area contributed by atoms with Crippen molar-refractivity contribution in [2.45, 2.75) is 6.42 Å². The Labute approximate surface area is 329 Å². The average Bonchev–Trinajstić information content (AvgIpc) is 3.77. The Morgan fingerprint density at radius 3 is 1.04 bits per heavy atom. The standard InChI is InChI=1S/C51H38N2O4/c54-50-40(22-13-28-46(50)52-42-24-7-1-16-34(42)35-17-2-8-25-43(35)52)38-20-5-11-30-48(38)56-32-15-33-57-49-31-12-6-21-39(49)41-23-14-29-47(51(41)55)53-44-26-9-3-18-36(44)37-19-4-10-27-45(37)53/h1-14,16-31,54-55H,15,32-33H2. The van der Waals surface area contributed by atoms with Gasteiger partial charge >= 0.3 is 0 Å². The molecule has 2 aromatic heterocycles. The van der Waals surface area contributed by atoms with Crippen LogP contribution in [-0.2, 0) is 0 Å². The molecule has 0 amide bonds. The van der Waals surface area contributed by atoms with Gasteiger partial charge in [-0.1, -0.05) is 133 Å². The molecule has 6 nitrogen and oxygen atoms in total. The number of phenols is 2. The minimum atomic E-state index is 0.186. The molecule has 0 bridgehead atoms. The van der Waals surface area contributed by atoms with Gasteiger partial charge in [-0.2, -0.15) is 0 Å². The maximum Gasteiger partial charge on any atom is 0.147 e. The number of aromatic hydroxyl groups is 2. The lowest BCUT2D eigenvalue weighted by molar-refractivity contribution is 0.248. The second-order valence-electron chi connectivity index (χ2n) is 14.1. The highest BCUT2D eigenvalue weighted by atomic mass is 16.5. The summed E-state index contributed by atoms with van der Waals surface area (Å²) in [4.78, 5) is 0. The summed E-state index contributed by atoms with van der Waals surface area (Å²) in [6, 6.07) is 60.5.